The summed E-state index contributed by atoms with van der Waals surface area (Å²) in [6, 6.07) is 49.3. The number of para-hydroxylation sites is 2. The Kier molecular flexibility index (Phi) is 5.75. The summed E-state index contributed by atoms with van der Waals surface area (Å²) in [6.07, 6.45) is -0.0736. The first-order valence-electron chi connectivity index (χ1n) is 14.4. The quantitative estimate of drug-likeness (QED) is 0.241. The van der Waals surface area contributed by atoms with Crippen LogP contribution in [-0.2, 0) is 0 Å². The van der Waals surface area contributed by atoms with Gasteiger partial charge >= 0.3 is 0 Å². The van der Waals surface area contributed by atoms with Gasteiger partial charge in [-0.2, -0.15) is 0 Å². The van der Waals surface area contributed by atoms with Crippen molar-refractivity contribution in [2.45, 2.75) is 13.2 Å². The summed E-state index contributed by atoms with van der Waals surface area (Å²) >= 11 is 0. The highest BCUT2D eigenvalue weighted by atomic mass is 16.5. The summed E-state index contributed by atoms with van der Waals surface area (Å²) in [5.74, 6) is 0.885. The molecule has 42 heavy (non-hydrogen) atoms. The Hall–Kier alpha value is -5.41. The standard InChI is InChI=1S/C39H28N2O/c1-25-40-39-33(19-11-21-37(39)42-25)32-23-22-27-14-5-6-15-28(27)38(32)31-18-8-7-16-29(31)36-24-34(26-12-3-2-4-13-26)30-17-9-10-20-35(30)41-36/h2-25,40H,1H3. The van der Waals surface area contributed by atoms with E-state index in [1.165, 1.54) is 27.5 Å². The highest BCUT2D eigenvalue weighted by Gasteiger charge is 2.24. The molecule has 1 aliphatic rings. The number of anilines is 1. The van der Waals surface area contributed by atoms with Crippen LogP contribution in [0.1, 0.15) is 6.92 Å². The predicted octanol–water partition coefficient (Wildman–Crippen LogP) is 10.2. The lowest BCUT2D eigenvalue weighted by atomic mass is 9.86. The summed E-state index contributed by atoms with van der Waals surface area (Å²) < 4.78 is 6.07. The first-order valence-corrected chi connectivity index (χ1v) is 14.4. The van der Waals surface area contributed by atoms with E-state index in [0.717, 1.165) is 50.3 Å². The molecular weight excluding hydrogens is 512 g/mol. The molecule has 0 bridgehead atoms. The fourth-order valence-corrected chi connectivity index (χ4v) is 6.31. The fraction of sp³-hybridized carbons (Fsp3) is 0.0513. The third kappa shape index (κ3) is 4.02. The van der Waals surface area contributed by atoms with E-state index in [-0.39, 0.29) is 6.23 Å². The molecule has 200 valence electrons. The molecule has 2 heterocycles. The molecule has 0 saturated heterocycles. The van der Waals surface area contributed by atoms with Crippen LogP contribution in [0.15, 0.2) is 140 Å². The van der Waals surface area contributed by atoms with Gasteiger partial charge in [-0.15, -0.1) is 0 Å². The van der Waals surface area contributed by atoms with Gasteiger partial charge < -0.3 is 10.1 Å². The summed E-state index contributed by atoms with van der Waals surface area (Å²) in [7, 11) is 0. The maximum absolute atomic E-state index is 6.07. The summed E-state index contributed by atoms with van der Waals surface area (Å²) in [5.41, 5.74) is 11.1. The van der Waals surface area contributed by atoms with Gasteiger partial charge in [0.1, 0.15) is 5.75 Å². The molecule has 8 rings (SSSR count). The number of hydrogen-bond donors (Lipinski definition) is 1. The van der Waals surface area contributed by atoms with Crippen LogP contribution in [0.3, 0.4) is 0 Å². The SMILES string of the molecule is CC1Nc2c(cccc2-c2ccc3ccccc3c2-c2ccccc2-c2cc(-c3ccccc3)c3ccccc3n2)O1. The molecule has 1 atom stereocenters. The van der Waals surface area contributed by atoms with Crippen LogP contribution in [0.25, 0.3) is 66.3 Å². The summed E-state index contributed by atoms with van der Waals surface area (Å²) in [5, 5.41) is 7.10. The molecule has 0 aliphatic carbocycles. The van der Waals surface area contributed by atoms with E-state index in [1.54, 1.807) is 0 Å². The molecule has 3 nitrogen and oxygen atoms in total. The van der Waals surface area contributed by atoms with Crippen LogP contribution >= 0.6 is 0 Å². The molecule has 1 aromatic heterocycles. The third-order valence-corrected chi connectivity index (χ3v) is 8.17. The predicted molar refractivity (Wildman–Crippen MR) is 175 cm³/mol. The lowest BCUT2D eigenvalue weighted by Gasteiger charge is -2.19. The average Bonchev–Trinajstić information content (AvgIpc) is 3.44. The Morgan fingerprint density at radius 2 is 1.29 bits per heavy atom. The van der Waals surface area contributed by atoms with Crippen LogP contribution in [0.2, 0.25) is 0 Å². The van der Waals surface area contributed by atoms with Crippen molar-refractivity contribution in [1.29, 1.82) is 0 Å². The zero-order valence-corrected chi connectivity index (χ0v) is 23.2. The van der Waals surface area contributed by atoms with Crippen LogP contribution in [0.4, 0.5) is 5.69 Å². The number of ether oxygens (including phenoxy) is 1. The number of aromatic nitrogens is 1. The average molecular weight is 541 g/mol. The second kappa shape index (κ2) is 9.90. The van der Waals surface area contributed by atoms with Crippen molar-refractivity contribution in [2.75, 3.05) is 5.32 Å². The molecule has 0 amide bonds. The first-order chi connectivity index (χ1) is 20.7. The van der Waals surface area contributed by atoms with Crippen molar-refractivity contribution in [2.24, 2.45) is 0 Å². The molecule has 0 radical (unpaired) electrons. The molecule has 0 fully saturated rings. The maximum atomic E-state index is 6.07. The van der Waals surface area contributed by atoms with E-state index < -0.39 is 0 Å². The normalized spacial score (nSPS) is 14.0. The number of nitrogens with one attached hydrogen (secondary N) is 1. The molecule has 1 aliphatic heterocycles. The van der Waals surface area contributed by atoms with Crippen molar-refractivity contribution in [1.82, 2.24) is 4.98 Å². The van der Waals surface area contributed by atoms with E-state index in [1.807, 2.05) is 13.0 Å². The van der Waals surface area contributed by atoms with Crippen molar-refractivity contribution in [3.63, 3.8) is 0 Å². The fourth-order valence-electron chi connectivity index (χ4n) is 6.31. The van der Waals surface area contributed by atoms with Gasteiger partial charge in [-0.3, -0.25) is 0 Å². The second-order valence-electron chi connectivity index (χ2n) is 10.8. The van der Waals surface area contributed by atoms with Crippen molar-refractivity contribution in [3.8, 4) is 50.4 Å². The van der Waals surface area contributed by atoms with Gasteiger partial charge in [0.05, 0.1) is 16.9 Å². The number of hydrogen-bond acceptors (Lipinski definition) is 3. The molecule has 1 N–H and O–H groups in total. The molecule has 6 aromatic carbocycles. The number of pyridine rings is 1. The lowest BCUT2D eigenvalue weighted by Crippen LogP contribution is -2.14. The van der Waals surface area contributed by atoms with Gasteiger partial charge in [0.15, 0.2) is 6.23 Å². The Morgan fingerprint density at radius 3 is 2.17 bits per heavy atom. The smallest absolute Gasteiger partial charge is 0.167 e. The number of nitrogens with zero attached hydrogens (tertiary/aromatic N) is 1. The second-order valence-corrected chi connectivity index (χ2v) is 10.8. The maximum Gasteiger partial charge on any atom is 0.167 e. The van der Waals surface area contributed by atoms with Gasteiger partial charge in [0.2, 0.25) is 0 Å². The zero-order chi connectivity index (χ0) is 28.0. The van der Waals surface area contributed by atoms with Crippen LogP contribution < -0.4 is 10.1 Å². The van der Waals surface area contributed by atoms with E-state index in [2.05, 4.69) is 139 Å². The molecule has 1 unspecified atom stereocenters. The molecule has 0 saturated carbocycles. The minimum atomic E-state index is -0.0736. The highest BCUT2D eigenvalue weighted by molar-refractivity contribution is 6.09. The lowest BCUT2D eigenvalue weighted by molar-refractivity contribution is 0.275. The Balaban J connectivity index is 1.42. The largest absolute Gasteiger partial charge is 0.469 e. The van der Waals surface area contributed by atoms with Crippen LogP contribution in [-0.4, -0.2) is 11.2 Å². The number of benzene rings is 6. The molecule has 0 spiro atoms. The van der Waals surface area contributed by atoms with Crippen molar-refractivity contribution >= 4 is 27.4 Å². The zero-order valence-electron chi connectivity index (χ0n) is 23.2. The molecule has 3 heteroatoms. The van der Waals surface area contributed by atoms with Gasteiger partial charge in [-0.1, -0.05) is 121 Å². The van der Waals surface area contributed by atoms with E-state index >= 15 is 0 Å². The van der Waals surface area contributed by atoms with E-state index in [9.17, 15) is 0 Å². The van der Waals surface area contributed by atoms with Gasteiger partial charge in [0, 0.05) is 16.5 Å². The highest BCUT2D eigenvalue weighted by Crippen LogP contribution is 2.47. The van der Waals surface area contributed by atoms with Gasteiger partial charge in [-0.25, -0.2) is 4.98 Å². The van der Waals surface area contributed by atoms with Crippen LogP contribution in [0, 0.1) is 0 Å². The van der Waals surface area contributed by atoms with Gasteiger partial charge in [-0.05, 0) is 63.7 Å². The Morgan fingerprint density at radius 1 is 0.571 bits per heavy atom. The molecular formula is C39H28N2O. The molecule has 7 aromatic rings. The topological polar surface area (TPSA) is 34.2 Å². The third-order valence-electron chi connectivity index (χ3n) is 8.17. The minimum Gasteiger partial charge on any atom is -0.469 e. The van der Waals surface area contributed by atoms with E-state index in [0.29, 0.717) is 0 Å². The Labute approximate surface area is 245 Å². The number of fused-ring (bicyclic) bond motifs is 3. The number of rotatable bonds is 4. The van der Waals surface area contributed by atoms with E-state index in [4.69, 9.17) is 9.72 Å². The first kappa shape index (κ1) is 24.4. The van der Waals surface area contributed by atoms with Gasteiger partial charge in [0.25, 0.3) is 0 Å². The minimum absolute atomic E-state index is 0.0736. The van der Waals surface area contributed by atoms with Crippen molar-refractivity contribution in [3.05, 3.63) is 140 Å². The monoisotopic (exact) mass is 540 g/mol. The Bertz CT molecular complexity index is 2120. The van der Waals surface area contributed by atoms with Crippen molar-refractivity contribution < 1.29 is 4.74 Å². The van der Waals surface area contributed by atoms with Crippen LogP contribution in [0.5, 0.6) is 5.75 Å². The summed E-state index contributed by atoms with van der Waals surface area (Å²) in [4.78, 5) is 5.24. The summed E-state index contributed by atoms with van der Waals surface area (Å²) in [6.45, 7) is 2.04.